The lowest BCUT2D eigenvalue weighted by Crippen LogP contribution is -2.21. The minimum Gasteiger partial charge on any atom is -0.448 e. The summed E-state index contributed by atoms with van der Waals surface area (Å²) in [7, 11) is 0. The highest BCUT2D eigenvalue weighted by Crippen LogP contribution is 1.71. The van der Waals surface area contributed by atoms with E-state index in [9.17, 15) is 9.59 Å². The Morgan fingerprint density at radius 3 is 1.67 bits per heavy atom. The summed E-state index contributed by atoms with van der Waals surface area (Å²) in [6.45, 7) is 0. The van der Waals surface area contributed by atoms with Crippen LogP contribution in [-0.4, -0.2) is 22.5 Å². The molecule has 0 aliphatic heterocycles. The maximum atomic E-state index is 9.42. The van der Waals surface area contributed by atoms with Crippen LogP contribution in [0.5, 0.6) is 0 Å². The van der Waals surface area contributed by atoms with E-state index in [1.807, 2.05) is 0 Å². The molecule has 0 bridgehead atoms. The molecule has 0 aliphatic carbocycles. The van der Waals surface area contributed by atoms with Crippen LogP contribution in [0.25, 0.3) is 0 Å². The summed E-state index contributed by atoms with van der Waals surface area (Å²) in [4.78, 5) is 25.7. The van der Waals surface area contributed by atoms with E-state index < -0.39 is 12.3 Å². The summed E-state index contributed by atoms with van der Waals surface area (Å²) >= 11 is 0. The van der Waals surface area contributed by atoms with Crippen molar-refractivity contribution in [2.45, 2.75) is 0 Å². The number of nitrogens with one attached hydrogen (secondary N) is 1. The van der Waals surface area contributed by atoms with Crippen molar-refractivity contribution in [2.24, 2.45) is 0 Å². The molecule has 0 aromatic carbocycles. The zero-order chi connectivity index (χ0) is 7.28. The van der Waals surface area contributed by atoms with E-state index in [2.05, 4.69) is 9.68 Å². The van der Waals surface area contributed by atoms with Crippen LogP contribution in [-0.2, 0) is 9.68 Å². The Morgan fingerprint density at radius 1 is 1.11 bits per heavy atom. The van der Waals surface area contributed by atoms with Gasteiger partial charge in [-0.15, -0.1) is 0 Å². The average Bonchev–Trinajstić information content (AvgIpc) is 1.63. The molecule has 0 atom stereocenters. The predicted octanol–water partition coefficient (Wildman–Crippen LogP) is -0.205. The lowest BCUT2D eigenvalue weighted by molar-refractivity contribution is -0.113. The van der Waals surface area contributed by atoms with Crippen molar-refractivity contribution in [3.8, 4) is 0 Å². The van der Waals surface area contributed by atoms with Crippen LogP contribution in [0.3, 0.4) is 0 Å². The third-order valence-electron chi connectivity index (χ3n) is 0.258. The number of rotatable bonds is 2. The van der Waals surface area contributed by atoms with Gasteiger partial charge >= 0.3 is 12.3 Å². The van der Waals surface area contributed by atoms with Gasteiger partial charge < -0.3 is 19.9 Å². The third-order valence-corrected chi connectivity index (χ3v) is 0.258. The van der Waals surface area contributed by atoms with Crippen LogP contribution >= 0.6 is 0 Å². The SMILES string of the molecule is O=C(O)ONOC(=O)O. The Hall–Kier alpha value is -1.50. The monoisotopic (exact) mass is 137 g/mol. The molecule has 52 valence electrons. The maximum Gasteiger partial charge on any atom is 0.527 e. The molecule has 0 saturated carbocycles. The smallest absolute Gasteiger partial charge is 0.448 e. The molecule has 0 amide bonds. The molecule has 0 saturated heterocycles. The molecule has 0 rings (SSSR count). The second-order valence-corrected chi connectivity index (χ2v) is 0.819. The molecule has 7 nitrogen and oxygen atoms in total. The first kappa shape index (κ1) is 7.50. The molecule has 3 N–H and O–H groups in total. The zero-order valence-electron chi connectivity index (χ0n) is 4.03. The lowest BCUT2D eigenvalue weighted by Gasteiger charge is -1.96. The topological polar surface area (TPSA) is 105 Å². The van der Waals surface area contributed by atoms with Gasteiger partial charge in [-0.25, -0.2) is 9.59 Å². The van der Waals surface area contributed by atoms with Gasteiger partial charge in [0, 0.05) is 5.64 Å². The molecule has 0 heterocycles. The van der Waals surface area contributed by atoms with Crippen LogP contribution in [0.4, 0.5) is 9.59 Å². The highest BCUT2D eigenvalue weighted by molar-refractivity contribution is 5.57. The van der Waals surface area contributed by atoms with Crippen molar-refractivity contribution >= 4 is 12.3 Å². The van der Waals surface area contributed by atoms with E-state index in [4.69, 9.17) is 10.2 Å². The second-order valence-electron chi connectivity index (χ2n) is 0.819. The van der Waals surface area contributed by atoms with E-state index in [-0.39, 0.29) is 0 Å². The summed E-state index contributed by atoms with van der Waals surface area (Å²) in [6, 6.07) is 0. The first-order valence-corrected chi connectivity index (χ1v) is 1.67. The Bertz CT molecular complexity index is 106. The van der Waals surface area contributed by atoms with Crippen molar-refractivity contribution in [3.63, 3.8) is 0 Å². The lowest BCUT2D eigenvalue weighted by atomic mass is 11.4. The van der Waals surface area contributed by atoms with Gasteiger partial charge in [-0.2, -0.15) is 0 Å². The van der Waals surface area contributed by atoms with Gasteiger partial charge in [0.25, 0.3) is 0 Å². The van der Waals surface area contributed by atoms with E-state index in [0.29, 0.717) is 0 Å². The second kappa shape index (κ2) is 3.50. The standard InChI is InChI=1S/C2H3NO6/c4-1(5)8-3-9-2(6)7/h3H,(H,4,5)(H,6,7). The minimum atomic E-state index is -1.68. The fourth-order valence-electron chi connectivity index (χ4n) is 0.0921. The van der Waals surface area contributed by atoms with E-state index >= 15 is 0 Å². The highest BCUT2D eigenvalue weighted by atomic mass is 17.0. The maximum absolute atomic E-state index is 9.42. The molecular weight excluding hydrogens is 134 g/mol. The Labute approximate surface area is 48.7 Å². The van der Waals surface area contributed by atoms with E-state index in [1.165, 1.54) is 5.64 Å². The number of carbonyl (C=O) groups is 2. The molecule has 0 spiro atoms. The molecule has 7 heteroatoms. The van der Waals surface area contributed by atoms with Crippen LogP contribution < -0.4 is 5.64 Å². The zero-order valence-corrected chi connectivity index (χ0v) is 4.03. The van der Waals surface area contributed by atoms with Crippen LogP contribution in [0.1, 0.15) is 0 Å². The molecule has 0 aliphatic rings. The van der Waals surface area contributed by atoms with E-state index in [1.54, 1.807) is 0 Å². The largest absolute Gasteiger partial charge is 0.527 e. The number of hydrogen-bond acceptors (Lipinski definition) is 5. The Kier molecular flexibility index (Phi) is 2.91. The van der Waals surface area contributed by atoms with Crippen molar-refractivity contribution < 1.29 is 29.5 Å². The Morgan fingerprint density at radius 2 is 1.44 bits per heavy atom. The summed E-state index contributed by atoms with van der Waals surface area (Å²) in [5, 5.41) is 15.3. The van der Waals surface area contributed by atoms with Crippen molar-refractivity contribution in [1.82, 2.24) is 5.64 Å². The average molecular weight is 137 g/mol. The highest BCUT2D eigenvalue weighted by Gasteiger charge is 1.98. The first-order chi connectivity index (χ1) is 4.13. The molecule has 0 aromatic heterocycles. The van der Waals surface area contributed by atoms with Crippen molar-refractivity contribution in [1.29, 1.82) is 0 Å². The van der Waals surface area contributed by atoms with Gasteiger partial charge in [0.15, 0.2) is 0 Å². The van der Waals surface area contributed by atoms with Crippen LogP contribution in [0, 0.1) is 0 Å². The van der Waals surface area contributed by atoms with Crippen molar-refractivity contribution in [3.05, 3.63) is 0 Å². The summed E-state index contributed by atoms with van der Waals surface area (Å²) in [5.74, 6) is 0. The van der Waals surface area contributed by atoms with Gasteiger partial charge in [-0.1, -0.05) is 0 Å². The fraction of sp³-hybridized carbons (Fsp3) is 0. The molecule has 0 unspecified atom stereocenters. The molecular formula is C2H3NO6. The van der Waals surface area contributed by atoms with Gasteiger partial charge in [-0.05, 0) is 0 Å². The normalized spacial score (nSPS) is 8.00. The van der Waals surface area contributed by atoms with Gasteiger partial charge in [0.05, 0.1) is 0 Å². The Balaban J connectivity index is 3.10. The first-order valence-electron chi connectivity index (χ1n) is 1.67. The number of carboxylic acid groups (broad SMARTS) is 2. The van der Waals surface area contributed by atoms with Crippen LogP contribution in [0.15, 0.2) is 0 Å². The van der Waals surface area contributed by atoms with Gasteiger partial charge in [-0.3, -0.25) is 0 Å². The van der Waals surface area contributed by atoms with E-state index in [0.717, 1.165) is 0 Å². The molecule has 9 heavy (non-hydrogen) atoms. The summed E-state index contributed by atoms with van der Waals surface area (Å²) in [6.07, 6.45) is -3.37. The van der Waals surface area contributed by atoms with Crippen molar-refractivity contribution in [2.75, 3.05) is 0 Å². The quantitative estimate of drug-likeness (QED) is 0.452. The fourth-order valence-corrected chi connectivity index (χ4v) is 0.0921. The molecule has 0 fully saturated rings. The van der Waals surface area contributed by atoms with Crippen LogP contribution in [0.2, 0.25) is 0 Å². The predicted molar refractivity (Wildman–Crippen MR) is 21.4 cm³/mol. The van der Waals surface area contributed by atoms with Gasteiger partial charge in [0.2, 0.25) is 0 Å². The summed E-state index contributed by atoms with van der Waals surface area (Å²) < 4.78 is 0. The molecule has 0 radical (unpaired) electrons. The van der Waals surface area contributed by atoms with Gasteiger partial charge in [0.1, 0.15) is 0 Å². The molecule has 0 aromatic rings. The number of hydrogen-bond donors (Lipinski definition) is 3. The minimum absolute atomic E-state index is 1.19. The summed E-state index contributed by atoms with van der Waals surface area (Å²) in [5.41, 5.74) is 1.19. The third kappa shape index (κ3) is 6.50.